The van der Waals surface area contributed by atoms with Crippen molar-refractivity contribution >= 4 is 24.3 Å². The normalized spacial score (nSPS) is 15.2. The van der Waals surface area contributed by atoms with Gasteiger partial charge in [-0.3, -0.25) is 9.59 Å². The lowest BCUT2D eigenvalue weighted by molar-refractivity contribution is -0.139. The maximum absolute atomic E-state index is 12.3. The highest BCUT2D eigenvalue weighted by Crippen LogP contribution is 2.19. The molecule has 1 unspecified atom stereocenters. The van der Waals surface area contributed by atoms with E-state index in [0.717, 1.165) is 19.4 Å². The van der Waals surface area contributed by atoms with Gasteiger partial charge in [0.05, 0.1) is 0 Å². The number of halogens is 1. The summed E-state index contributed by atoms with van der Waals surface area (Å²) in [6.45, 7) is 1.37. The van der Waals surface area contributed by atoms with Gasteiger partial charge in [-0.1, -0.05) is 24.3 Å². The van der Waals surface area contributed by atoms with E-state index >= 15 is 0 Å². The first kappa shape index (κ1) is 18.5. The molecule has 6 heteroatoms. The molecule has 1 heterocycles. The molecular weight excluding hydrogens is 304 g/mol. The quantitative estimate of drug-likeness (QED) is 0.866. The zero-order valence-corrected chi connectivity index (χ0v) is 13.6. The summed E-state index contributed by atoms with van der Waals surface area (Å²) in [6.07, 6.45) is 2.54. The summed E-state index contributed by atoms with van der Waals surface area (Å²) in [5.74, 6) is -0.875. The van der Waals surface area contributed by atoms with Crippen molar-refractivity contribution < 1.29 is 14.7 Å². The lowest BCUT2D eigenvalue weighted by atomic mass is 10.0. The van der Waals surface area contributed by atoms with E-state index in [1.807, 2.05) is 17.0 Å². The zero-order chi connectivity index (χ0) is 15.2. The van der Waals surface area contributed by atoms with Gasteiger partial charge < -0.3 is 15.3 Å². The number of hydrogen-bond donors (Lipinski definition) is 2. The van der Waals surface area contributed by atoms with E-state index in [1.54, 1.807) is 7.05 Å². The molecule has 0 spiro atoms. The van der Waals surface area contributed by atoms with Crippen LogP contribution in [0, 0.1) is 0 Å². The highest BCUT2D eigenvalue weighted by molar-refractivity contribution is 5.85. The Labute approximate surface area is 137 Å². The average Bonchev–Trinajstić information content (AvgIpc) is 2.69. The molecule has 1 aliphatic heterocycles. The summed E-state index contributed by atoms with van der Waals surface area (Å²) < 4.78 is 0. The van der Waals surface area contributed by atoms with E-state index in [2.05, 4.69) is 17.4 Å². The standard InChI is InChI=1S/C16H22N2O3.ClH/c1-17-14(16(20)21)8-9-15(19)18-10-4-7-12-5-2-3-6-13(12)11-18;/h2-3,5-6,14,17H,4,7-11H2,1H3,(H,20,21);1H. The predicted molar refractivity (Wildman–Crippen MR) is 87.1 cm³/mol. The summed E-state index contributed by atoms with van der Waals surface area (Å²) in [5.41, 5.74) is 2.51. The highest BCUT2D eigenvalue weighted by Gasteiger charge is 2.21. The Hall–Kier alpha value is -1.59. The number of nitrogens with zero attached hydrogens (tertiary/aromatic N) is 1. The second kappa shape index (κ2) is 8.76. The van der Waals surface area contributed by atoms with Crippen LogP contribution in [0.1, 0.15) is 30.4 Å². The van der Waals surface area contributed by atoms with Crippen molar-refractivity contribution in [3.63, 3.8) is 0 Å². The summed E-state index contributed by atoms with van der Waals surface area (Å²) in [7, 11) is 1.60. The molecule has 1 atom stereocenters. The molecule has 22 heavy (non-hydrogen) atoms. The lowest BCUT2D eigenvalue weighted by Crippen LogP contribution is -2.36. The molecule has 0 fully saturated rings. The van der Waals surface area contributed by atoms with Crippen LogP contribution in [-0.2, 0) is 22.6 Å². The second-order valence-corrected chi connectivity index (χ2v) is 5.41. The van der Waals surface area contributed by atoms with Gasteiger partial charge >= 0.3 is 5.97 Å². The number of carbonyl (C=O) groups is 2. The van der Waals surface area contributed by atoms with Crippen LogP contribution < -0.4 is 5.32 Å². The van der Waals surface area contributed by atoms with E-state index in [1.165, 1.54) is 11.1 Å². The molecule has 2 rings (SSSR count). The minimum Gasteiger partial charge on any atom is -0.480 e. The van der Waals surface area contributed by atoms with Crippen LogP contribution in [0.2, 0.25) is 0 Å². The first-order valence-corrected chi connectivity index (χ1v) is 7.36. The van der Waals surface area contributed by atoms with Gasteiger partial charge in [0, 0.05) is 19.5 Å². The Morgan fingerprint density at radius 2 is 2.00 bits per heavy atom. The Kier molecular flexibility index (Phi) is 7.35. The number of carboxylic acids is 1. The molecule has 0 bridgehead atoms. The van der Waals surface area contributed by atoms with Gasteiger partial charge in [-0.15, -0.1) is 12.4 Å². The van der Waals surface area contributed by atoms with Crippen LogP contribution >= 0.6 is 12.4 Å². The topological polar surface area (TPSA) is 69.6 Å². The van der Waals surface area contributed by atoms with E-state index in [9.17, 15) is 9.59 Å². The fraction of sp³-hybridized carbons (Fsp3) is 0.500. The number of fused-ring (bicyclic) bond motifs is 1. The summed E-state index contributed by atoms with van der Waals surface area (Å²) in [5, 5.41) is 11.7. The SMILES string of the molecule is CNC(CCC(=O)N1CCCc2ccccc2C1)C(=O)O.Cl. The summed E-state index contributed by atoms with van der Waals surface area (Å²) in [6, 6.07) is 7.54. The second-order valence-electron chi connectivity index (χ2n) is 5.41. The number of hydrogen-bond acceptors (Lipinski definition) is 3. The molecule has 0 radical (unpaired) electrons. The smallest absolute Gasteiger partial charge is 0.320 e. The van der Waals surface area contributed by atoms with Crippen LogP contribution in [-0.4, -0.2) is 41.5 Å². The predicted octanol–water partition coefficient (Wildman–Crippen LogP) is 1.84. The number of amides is 1. The van der Waals surface area contributed by atoms with E-state index < -0.39 is 12.0 Å². The Bertz CT molecular complexity index is 522. The van der Waals surface area contributed by atoms with Crippen molar-refractivity contribution in [1.29, 1.82) is 0 Å². The number of carbonyl (C=O) groups excluding carboxylic acids is 1. The van der Waals surface area contributed by atoms with Gasteiger partial charge in [-0.2, -0.15) is 0 Å². The number of aliphatic carboxylic acids is 1. The maximum Gasteiger partial charge on any atom is 0.320 e. The number of carboxylic acid groups (broad SMARTS) is 1. The fourth-order valence-corrected chi connectivity index (χ4v) is 2.73. The van der Waals surface area contributed by atoms with Gasteiger partial charge in [0.15, 0.2) is 0 Å². The van der Waals surface area contributed by atoms with Gasteiger partial charge in [0.25, 0.3) is 0 Å². The van der Waals surface area contributed by atoms with Gasteiger partial charge in [0.2, 0.25) is 5.91 Å². The largest absolute Gasteiger partial charge is 0.480 e. The van der Waals surface area contributed by atoms with Gasteiger partial charge in [0.1, 0.15) is 6.04 Å². The molecule has 1 aromatic carbocycles. The van der Waals surface area contributed by atoms with Crippen LogP contribution in [0.15, 0.2) is 24.3 Å². The van der Waals surface area contributed by atoms with Crippen molar-refractivity contribution in [1.82, 2.24) is 10.2 Å². The number of aryl methyl sites for hydroxylation is 1. The number of likely N-dealkylation sites (N-methyl/N-ethyl adjacent to an activating group) is 1. The lowest BCUT2D eigenvalue weighted by Gasteiger charge is -2.22. The molecular formula is C16H23ClN2O3. The molecule has 1 amide bonds. The molecule has 0 aliphatic carbocycles. The first-order chi connectivity index (χ1) is 10.1. The van der Waals surface area contributed by atoms with Crippen molar-refractivity contribution in [2.75, 3.05) is 13.6 Å². The van der Waals surface area contributed by atoms with Crippen LogP contribution in [0.4, 0.5) is 0 Å². The number of rotatable bonds is 5. The maximum atomic E-state index is 12.3. The molecule has 0 saturated heterocycles. The molecule has 2 N–H and O–H groups in total. The molecule has 0 saturated carbocycles. The van der Waals surface area contributed by atoms with E-state index in [0.29, 0.717) is 13.0 Å². The van der Waals surface area contributed by atoms with Crippen LogP contribution in [0.25, 0.3) is 0 Å². The molecule has 1 aliphatic rings. The van der Waals surface area contributed by atoms with Gasteiger partial charge in [-0.05, 0) is 37.4 Å². The van der Waals surface area contributed by atoms with E-state index in [4.69, 9.17) is 5.11 Å². The van der Waals surface area contributed by atoms with Crippen molar-refractivity contribution in [3.05, 3.63) is 35.4 Å². The van der Waals surface area contributed by atoms with Gasteiger partial charge in [-0.25, -0.2) is 0 Å². The van der Waals surface area contributed by atoms with Crippen LogP contribution in [0.3, 0.4) is 0 Å². The Morgan fingerprint density at radius 1 is 1.32 bits per heavy atom. The molecule has 1 aromatic rings. The summed E-state index contributed by atoms with van der Waals surface area (Å²) >= 11 is 0. The van der Waals surface area contributed by atoms with Crippen molar-refractivity contribution in [2.24, 2.45) is 0 Å². The van der Waals surface area contributed by atoms with Crippen molar-refractivity contribution in [2.45, 2.75) is 38.3 Å². The third-order valence-corrected chi connectivity index (χ3v) is 4.00. The first-order valence-electron chi connectivity index (χ1n) is 7.36. The minimum absolute atomic E-state index is 0. The molecule has 5 nitrogen and oxygen atoms in total. The Balaban J connectivity index is 0.00000242. The Morgan fingerprint density at radius 3 is 2.64 bits per heavy atom. The van der Waals surface area contributed by atoms with Crippen LogP contribution in [0.5, 0.6) is 0 Å². The molecule has 122 valence electrons. The average molecular weight is 327 g/mol. The minimum atomic E-state index is -0.911. The number of benzene rings is 1. The monoisotopic (exact) mass is 326 g/mol. The molecule has 0 aromatic heterocycles. The third kappa shape index (κ3) is 4.71. The number of nitrogens with one attached hydrogen (secondary N) is 1. The van der Waals surface area contributed by atoms with E-state index in [-0.39, 0.29) is 24.7 Å². The fourth-order valence-electron chi connectivity index (χ4n) is 2.73. The summed E-state index contributed by atoms with van der Waals surface area (Å²) in [4.78, 5) is 25.1. The highest BCUT2D eigenvalue weighted by atomic mass is 35.5. The third-order valence-electron chi connectivity index (χ3n) is 4.00. The van der Waals surface area contributed by atoms with Crippen molar-refractivity contribution in [3.8, 4) is 0 Å². The zero-order valence-electron chi connectivity index (χ0n) is 12.7.